The minimum atomic E-state index is 0.247. The maximum Gasteiger partial charge on any atom is 0.0766 e. The smallest absolute Gasteiger partial charge is 0.0766 e. The van der Waals surface area contributed by atoms with Gasteiger partial charge in [-0.3, -0.25) is 4.68 Å². The monoisotopic (exact) mass is 315 g/mol. The molecule has 0 aromatic carbocycles. The van der Waals surface area contributed by atoms with Crippen LogP contribution in [0.4, 0.5) is 0 Å². The highest BCUT2D eigenvalue weighted by atomic mass is 79.9. The fourth-order valence-electron chi connectivity index (χ4n) is 2.17. The molecule has 3 nitrogen and oxygen atoms in total. The van der Waals surface area contributed by atoms with Gasteiger partial charge in [-0.05, 0) is 47.7 Å². The zero-order valence-corrected chi connectivity index (χ0v) is 13.9. The van der Waals surface area contributed by atoms with Gasteiger partial charge in [-0.25, -0.2) is 0 Å². The van der Waals surface area contributed by atoms with E-state index in [1.54, 1.807) is 0 Å². The summed E-state index contributed by atoms with van der Waals surface area (Å²) in [6.07, 6.45) is 2.02. The molecule has 0 saturated carbocycles. The van der Waals surface area contributed by atoms with Crippen LogP contribution in [0.15, 0.2) is 4.47 Å². The highest BCUT2D eigenvalue weighted by Gasteiger charge is 2.23. The number of nitrogens with one attached hydrogen (secondary N) is 1. The summed E-state index contributed by atoms with van der Waals surface area (Å²) in [5.41, 5.74) is 2.75. The summed E-state index contributed by atoms with van der Waals surface area (Å²) in [4.78, 5) is 0. The van der Waals surface area contributed by atoms with Crippen molar-refractivity contribution in [2.75, 3.05) is 13.1 Å². The molecular formula is C14H26BrN3. The largest absolute Gasteiger partial charge is 0.316 e. The summed E-state index contributed by atoms with van der Waals surface area (Å²) in [6.45, 7) is 14.1. The maximum atomic E-state index is 4.66. The minimum Gasteiger partial charge on any atom is -0.316 e. The molecule has 0 aliphatic heterocycles. The van der Waals surface area contributed by atoms with Gasteiger partial charge in [0, 0.05) is 13.1 Å². The van der Waals surface area contributed by atoms with Crippen molar-refractivity contribution in [2.24, 2.45) is 5.41 Å². The predicted molar refractivity (Wildman–Crippen MR) is 81.0 cm³/mol. The second-order valence-electron chi connectivity index (χ2n) is 5.50. The molecule has 1 rings (SSSR count). The lowest BCUT2D eigenvalue weighted by Gasteiger charge is -2.25. The van der Waals surface area contributed by atoms with Crippen molar-refractivity contribution in [1.82, 2.24) is 15.1 Å². The van der Waals surface area contributed by atoms with E-state index in [0.29, 0.717) is 0 Å². The van der Waals surface area contributed by atoms with E-state index in [4.69, 9.17) is 0 Å². The lowest BCUT2D eigenvalue weighted by atomic mass is 9.87. The van der Waals surface area contributed by atoms with Gasteiger partial charge in [-0.15, -0.1) is 0 Å². The number of hydrogen-bond donors (Lipinski definition) is 1. The predicted octanol–water partition coefficient (Wildman–Crippen LogP) is 3.41. The molecule has 0 radical (unpaired) electrons. The third-order valence-corrected chi connectivity index (χ3v) is 4.11. The Bertz CT molecular complexity index is 383. The second kappa shape index (κ2) is 6.71. The van der Waals surface area contributed by atoms with Crippen LogP contribution in [-0.4, -0.2) is 22.9 Å². The van der Waals surface area contributed by atoms with Gasteiger partial charge in [0.1, 0.15) is 0 Å². The molecule has 0 amide bonds. The summed E-state index contributed by atoms with van der Waals surface area (Å²) >= 11 is 3.72. The Morgan fingerprint density at radius 1 is 1.28 bits per heavy atom. The van der Waals surface area contributed by atoms with Gasteiger partial charge in [0.2, 0.25) is 0 Å². The third-order valence-electron chi connectivity index (χ3n) is 3.19. The molecule has 0 unspecified atom stereocenters. The van der Waals surface area contributed by atoms with Crippen molar-refractivity contribution in [1.29, 1.82) is 0 Å². The third kappa shape index (κ3) is 3.82. The molecular weight excluding hydrogens is 290 g/mol. The van der Waals surface area contributed by atoms with E-state index in [1.165, 1.54) is 15.9 Å². The average Bonchev–Trinajstić information content (AvgIpc) is 2.63. The molecule has 1 heterocycles. The summed E-state index contributed by atoms with van der Waals surface area (Å²) in [6, 6.07) is 0. The van der Waals surface area contributed by atoms with E-state index in [2.05, 4.69) is 65.6 Å². The summed E-state index contributed by atoms with van der Waals surface area (Å²) < 4.78 is 3.34. The molecule has 1 aromatic heterocycles. The standard InChI is InChI=1S/C14H26BrN3/c1-6-11-13(15)12(18(8-3)17-11)9-14(4,5)10-16-7-2/h16H,6-10H2,1-5H3. The van der Waals surface area contributed by atoms with E-state index in [-0.39, 0.29) is 5.41 Å². The van der Waals surface area contributed by atoms with Crippen LogP contribution in [-0.2, 0) is 19.4 Å². The molecule has 4 heteroatoms. The molecule has 104 valence electrons. The van der Waals surface area contributed by atoms with Crippen LogP contribution in [0.1, 0.15) is 46.0 Å². The Hall–Kier alpha value is -0.350. The molecule has 0 spiro atoms. The highest BCUT2D eigenvalue weighted by Crippen LogP contribution is 2.29. The maximum absolute atomic E-state index is 4.66. The van der Waals surface area contributed by atoms with Crippen LogP contribution < -0.4 is 5.32 Å². The number of aryl methyl sites for hydroxylation is 2. The Balaban J connectivity index is 2.91. The van der Waals surface area contributed by atoms with Gasteiger partial charge in [0.15, 0.2) is 0 Å². The Kier molecular flexibility index (Phi) is 5.86. The first kappa shape index (κ1) is 15.7. The average molecular weight is 316 g/mol. The second-order valence-corrected chi connectivity index (χ2v) is 6.29. The van der Waals surface area contributed by atoms with Gasteiger partial charge in [0.05, 0.1) is 15.9 Å². The molecule has 0 saturated heterocycles. The van der Waals surface area contributed by atoms with Gasteiger partial charge in [0.25, 0.3) is 0 Å². The molecule has 0 atom stereocenters. The lowest BCUT2D eigenvalue weighted by Crippen LogP contribution is -2.31. The Labute approximate surface area is 119 Å². The van der Waals surface area contributed by atoms with Crippen LogP contribution in [0.5, 0.6) is 0 Å². The molecule has 18 heavy (non-hydrogen) atoms. The SMILES string of the molecule is CCNCC(C)(C)Cc1c(Br)c(CC)nn1CC. The molecule has 0 bridgehead atoms. The summed E-state index contributed by atoms with van der Waals surface area (Å²) in [5, 5.41) is 8.10. The lowest BCUT2D eigenvalue weighted by molar-refractivity contribution is 0.331. The van der Waals surface area contributed by atoms with Crippen LogP contribution in [0, 0.1) is 5.41 Å². The molecule has 1 aromatic rings. The fourth-order valence-corrected chi connectivity index (χ4v) is 2.87. The Morgan fingerprint density at radius 2 is 1.94 bits per heavy atom. The van der Waals surface area contributed by atoms with Crippen molar-refractivity contribution in [3.63, 3.8) is 0 Å². The van der Waals surface area contributed by atoms with Crippen LogP contribution in [0.3, 0.4) is 0 Å². The Morgan fingerprint density at radius 3 is 2.44 bits per heavy atom. The van der Waals surface area contributed by atoms with Gasteiger partial charge < -0.3 is 5.32 Å². The van der Waals surface area contributed by atoms with Crippen LogP contribution in [0.2, 0.25) is 0 Å². The molecule has 0 aliphatic rings. The molecule has 1 N–H and O–H groups in total. The number of halogens is 1. The highest BCUT2D eigenvalue weighted by molar-refractivity contribution is 9.10. The first-order valence-electron chi connectivity index (χ1n) is 6.90. The van der Waals surface area contributed by atoms with E-state index in [9.17, 15) is 0 Å². The van der Waals surface area contributed by atoms with Crippen LogP contribution >= 0.6 is 15.9 Å². The first-order chi connectivity index (χ1) is 8.45. The normalized spacial score (nSPS) is 12.1. The topological polar surface area (TPSA) is 29.9 Å². The minimum absolute atomic E-state index is 0.247. The van der Waals surface area contributed by atoms with E-state index in [0.717, 1.165) is 32.5 Å². The van der Waals surface area contributed by atoms with E-state index >= 15 is 0 Å². The molecule has 0 aliphatic carbocycles. The van der Waals surface area contributed by atoms with Crippen molar-refractivity contribution in [3.05, 3.63) is 15.9 Å². The number of nitrogens with zero attached hydrogens (tertiary/aromatic N) is 2. The van der Waals surface area contributed by atoms with Crippen molar-refractivity contribution >= 4 is 15.9 Å². The number of rotatable bonds is 7. The number of aromatic nitrogens is 2. The zero-order chi connectivity index (χ0) is 13.8. The van der Waals surface area contributed by atoms with Crippen LogP contribution in [0.25, 0.3) is 0 Å². The zero-order valence-electron chi connectivity index (χ0n) is 12.3. The van der Waals surface area contributed by atoms with E-state index < -0.39 is 0 Å². The quantitative estimate of drug-likeness (QED) is 0.835. The van der Waals surface area contributed by atoms with Gasteiger partial charge >= 0.3 is 0 Å². The van der Waals surface area contributed by atoms with Gasteiger partial charge in [-0.2, -0.15) is 5.10 Å². The van der Waals surface area contributed by atoms with Gasteiger partial charge in [-0.1, -0.05) is 27.7 Å². The fraction of sp³-hybridized carbons (Fsp3) is 0.786. The summed E-state index contributed by atoms with van der Waals surface area (Å²) in [7, 11) is 0. The first-order valence-corrected chi connectivity index (χ1v) is 7.69. The summed E-state index contributed by atoms with van der Waals surface area (Å²) in [5.74, 6) is 0. The number of hydrogen-bond acceptors (Lipinski definition) is 2. The van der Waals surface area contributed by atoms with Crippen molar-refractivity contribution in [2.45, 2.75) is 54.0 Å². The van der Waals surface area contributed by atoms with Crippen molar-refractivity contribution < 1.29 is 0 Å². The van der Waals surface area contributed by atoms with E-state index in [1.807, 2.05) is 0 Å². The van der Waals surface area contributed by atoms with Crippen molar-refractivity contribution in [3.8, 4) is 0 Å². The molecule has 0 fully saturated rings.